The molecule has 0 fully saturated rings. The lowest BCUT2D eigenvalue weighted by molar-refractivity contribution is -0.142. The average Bonchev–Trinajstić information content (AvgIpc) is 2.30. The summed E-state index contributed by atoms with van der Waals surface area (Å²) in [6, 6.07) is 6.39. The molecule has 0 radical (unpaired) electrons. The van der Waals surface area contributed by atoms with Crippen LogP contribution < -0.4 is 0 Å². The van der Waals surface area contributed by atoms with Crippen molar-refractivity contribution in [2.75, 3.05) is 7.11 Å². The highest BCUT2D eigenvalue weighted by molar-refractivity contribution is 5.78. The van der Waals surface area contributed by atoms with Crippen LogP contribution >= 0.6 is 0 Å². The molecule has 18 heavy (non-hydrogen) atoms. The van der Waals surface area contributed by atoms with E-state index in [1.54, 1.807) is 0 Å². The molecule has 0 amide bonds. The predicted molar refractivity (Wildman–Crippen MR) is 74.9 cm³/mol. The molecular formula is C16H24O2. The standard InChI is InChI=1S/C16H24O2/c1-7-13(15(17)18-6)14-10-12(16(3,4)5)9-8-11(14)2/h8-10,13H,7H2,1-6H3. The highest BCUT2D eigenvalue weighted by Crippen LogP contribution is 2.30. The molecule has 0 aliphatic carbocycles. The molecule has 1 rings (SSSR count). The monoisotopic (exact) mass is 248 g/mol. The van der Waals surface area contributed by atoms with Gasteiger partial charge in [0.1, 0.15) is 0 Å². The number of benzene rings is 1. The van der Waals surface area contributed by atoms with Crippen LogP contribution in [0.3, 0.4) is 0 Å². The summed E-state index contributed by atoms with van der Waals surface area (Å²) < 4.78 is 4.90. The smallest absolute Gasteiger partial charge is 0.313 e. The fourth-order valence-corrected chi connectivity index (χ4v) is 2.14. The summed E-state index contributed by atoms with van der Waals surface area (Å²) >= 11 is 0. The second kappa shape index (κ2) is 5.55. The van der Waals surface area contributed by atoms with Gasteiger partial charge in [0.05, 0.1) is 13.0 Å². The van der Waals surface area contributed by atoms with E-state index in [0.717, 1.165) is 17.5 Å². The number of aryl methyl sites for hydroxylation is 1. The van der Waals surface area contributed by atoms with Crippen LogP contribution in [0.25, 0.3) is 0 Å². The Labute approximate surface area is 110 Å². The molecule has 1 aromatic rings. The van der Waals surface area contributed by atoms with Gasteiger partial charge < -0.3 is 4.74 Å². The van der Waals surface area contributed by atoms with Crippen LogP contribution in [-0.2, 0) is 14.9 Å². The van der Waals surface area contributed by atoms with Crippen molar-refractivity contribution in [3.63, 3.8) is 0 Å². The van der Waals surface area contributed by atoms with E-state index in [9.17, 15) is 4.79 Å². The van der Waals surface area contributed by atoms with Crippen molar-refractivity contribution in [1.29, 1.82) is 0 Å². The largest absolute Gasteiger partial charge is 0.469 e. The van der Waals surface area contributed by atoms with E-state index in [1.807, 2.05) is 13.8 Å². The highest BCUT2D eigenvalue weighted by atomic mass is 16.5. The fraction of sp³-hybridized carbons (Fsp3) is 0.562. The van der Waals surface area contributed by atoms with Crippen molar-refractivity contribution in [2.45, 2.75) is 52.4 Å². The lowest BCUT2D eigenvalue weighted by Gasteiger charge is -2.23. The topological polar surface area (TPSA) is 26.3 Å². The van der Waals surface area contributed by atoms with E-state index in [-0.39, 0.29) is 17.3 Å². The second-order valence-electron chi connectivity index (χ2n) is 5.81. The first kappa shape index (κ1) is 14.7. The normalized spacial score (nSPS) is 13.2. The van der Waals surface area contributed by atoms with Gasteiger partial charge in [-0.25, -0.2) is 0 Å². The van der Waals surface area contributed by atoms with Crippen molar-refractivity contribution in [1.82, 2.24) is 0 Å². The fourth-order valence-electron chi connectivity index (χ4n) is 2.14. The maximum atomic E-state index is 11.8. The number of carbonyl (C=O) groups excluding carboxylic acids is 1. The number of rotatable bonds is 3. The third-order valence-electron chi connectivity index (χ3n) is 3.41. The lowest BCUT2D eigenvalue weighted by atomic mass is 9.82. The van der Waals surface area contributed by atoms with E-state index >= 15 is 0 Å². The Bertz CT molecular complexity index is 427. The van der Waals surface area contributed by atoms with Crippen molar-refractivity contribution in [2.24, 2.45) is 0 Å². The number of esters is 1. The van der Waals surface area contributed by atoms with Gasteiger partial charge in [-0.3, -0.25) is 4.79 Å². The first-order valence-corrected chi connectivity index (χ1v) is 6.50. The van der Waals surface area contributed by atoms with E-state index in [0.29, 0.717) is 0 Å². The maximum Gasteiger partial charge on any atom is 0.313 e. The number of hydrogen-bond donors (Lipinski definition) is 0. The number of ether oxygens (including phenoxy) is 1. The van der Waals surface area contributed by atoms with E-state index in [4.69, 9.17) is 4.74 Å². The quantitative estimate of drug-likeness (QED) is 0.757. The molecule has 1 atom stereocenters. The summed E-state index contributed by atoms with van der Waals surface area (Å²) in [5.74, 6) is -0.302. The minimum atomic E-state index is -0.155. The SMILES string of the molecule is CCC(C(=O)OC)c1cc(C(C)(C)C)ccc1C. The Balaban J connectivity index is 3.26. The van der Waals surface area contributed by atoms with Crippen LogP contribution in [0.4, 0.5) is 0 Å². The minimum absolute atomic E-state index is 0.0941. The molecule has 1 unspecified atom stereocenters. The molecule has 0 aromatic heterocycles. The Hall–Kier alpha value is -1.31. The van der Waals surface area contributed by atoms with Crippen LogP contribution in [0.5, 0.6) is 0 Å². The molecular weight excluding hydrogens is 224 g/mol. The van der Waals surface area contributed by atoms with Gasteiger partial charge in [-0.15, -0.1) is 0 Å². The molecule has 0 aliphatic rings. The molecule has 0 saturated carbocycles. The van der Waals surface area contributed by atoms with Crippen molar-refractivity contribution >= 4 is 5.97 Å². The first-order chi connectivity index (χ1) is 8.31. The predicted octanol–water partition coefficient (Wildman–Crippen LogP) is 3.96. The second-order valence-corrected chi connectivity index (χ2v) is 5.81. The zero-order valence-electron chi connectivity index (χ0n) is 12.3. The zero-order chi connectivity index (χ0) is 13.9. The molecule has 0 aliphatic heterocycles. The molecule has 1 aromatic carbocycles. The van der Waals surface area contributed by atoms with Crippen molar-refractivity contribution in [3.8, 4) is 0 Å². The molecule has 0 bridgehead atoms. The molecule has 0 heterocycles. The van der Waals surface area contributed by atoms with E-state index in [2.05, 4.69) is 39.0 Å². The van der Waals surface area contributed by atoms with Crippen LogP contribution in [-0.4, -0.2) is 13.1 Å². The Morgan fingerprint density at radius 1 is 1.33 bits per heavy atom. The van der Waals surface area contributed by atoms with Gasteiger partial charge in [0, 0.05) is 0 Å². The van der Waals surface area contributed by atoms with E-state index in [1.165, 1.54) is 12.7 Å². The Morgan fingerprint density at radius 2 is 1.94 bits per heavy atom. The minimum Gasteiger partial charge on any atom is -0.469 e. The van der Waals surface area contributed by atoms with Gasteiger partial charge in [0.15, 0.2) is 0 Å². The van der Waals surface area contributed by atoms with Crippen molar-refractivity contribution < 1.29 is 9.53 Å². The highest BCUT2D eigenvalue weighted by Gasteiger charge is 2.23. The summed E-state index contributed by atoms with van der Waals surface area (Å²) in [6.07, 6.45) is 0.765. The average molecular weight is 248 g/mol. The molecule has 2 heteroatoms. The third-order valence-corrected chi connectivity index (χ3v) is 3.41. The molecule has 0 saturated heterocycles. The van der Waals surface area contributed by atoms with Gasteiger partial charge in [-0.1, -0.05) is 45.9 Å². The third kappa shape index (κ3) is 3.12. The van der Waals surface area contributed by atoms with Crippen LogP contribution in [0.1, 0.15) is 56.7 Å². The number of methoxy groups -OCH3 is 1. The van der Waals surface area contributed by atoms with Gasteiger partial charge in [0.2, 0.25) is 0 Å². The lowest BCUT2D eigenvalue weighted by Crippen LogP contribution is -2.17. The molecule has 0 spiro atoms. The first-order valence-electron chi connectivity index (χ1n) is 6.50. The van der Waals surface area contributed by atoms with Gasteiger partial charge in [0.25, 0.3) is 0 Å². The Morgan fingerprint density at radius 3 is 2.39 bits per heavy atom. The number of carbonyl (C=O) groups is 1. The van der Waals surface area contributed by atoms with Gasteiger partial charge in [-0.05, 0) is 35.4 Å². The van der Waals surface area contributed by atoms with Crippen LogP contribution in [0.15, 0.2) is 18.2 Å². The summed E-state index contributed by atoms with van der Waals surface area (Å²) in [6.45, 7) is 10.6. The number of hydrogen-bond acceptors (Lipinski definition) is 2. The van der Waals surface area contributed by atoms with Gasteiger partial charge in [-0.2, -0.15) is 0 Å². The zero-order valence-corrected chi connectivity index (χ0v) is 12.3. The van der Waals surface area contributed by atoms with Crippen LogP contribution in [0, 0.1) is 6.92 Å². The summed E-state index contributed by atoms with van der Waals surface area (Å²) in [7, 11) is 1.45. The molecule has 100 valence electrons. The Kier molecular flexibility index (Phi) is 4.55. The van der Waals surface area contributed by atoms with Crippen molar-refractivity contribution in [3.05, 3.63) is 34.9 Å². The molecule has 2 nitrogen and oxygen atoms in total. The molecule has 0 N–H and O–H groups in total. The van der Waals surface area contributed by atoms with E-state index < -0.39 is 0 Å². The van der Waals surface area contributed by atoms with Gasteiger partial charge >= 0.3 is 5.97 Å². The van der Waals surface area contributed by atoms with Crippen LogP contribution in [0.2, 0.25) is 0 Å². The maximum absolute atomic E-state index is 11.8. The summed E-state index contributed by atoms with van der Waals surface area (Å²) in [4.78, 5) is 11.8. The summed E-state index contributed by atoms with van der Waals surface area (Å²) in [5, 5.41) is 0. The summed E-state index contributed by atoms with van der Waals surface area (Å²) in [5.41, 5.74) is 3.60.